The molecule has 1 N–H and O–H groups in total. The minimum Gasteiger partial charge on any atom is -0.345 e. The fraction of sp³-hybridized carbons (Fsp3) is 0.346. The lowest BCUT2D eigenvalue weighted by Crippen LogP contribution is -2.43. The number of carbonyl (C=O) groups is 1. The summed E-state index contributed by atoms with van der Waals surface area (Å²) in [5, 5.41) is 3.09. The largest absolute Gasteiger partial charge is 0.345 e. The second-order valence-electron chi connectivity index (χ2n) is 8.39. The van der Waals surface area contributed by atoms with Crippen LogP contribution in [0.2, 0.25) is 0 Å². The van der Waals surface area contributed by atoms with Gasteiger partial charge in [0.1, 0.15) is 0 Å². The molecule has 0 bridgehead atoms. The first kappa shape index (κ1) is 23.0. The molecule has 2 aromatic carbocycles. The van der Waals surface area contributed by atoms with E-state index in [9.17, 15) is 4.79 Å². The number of thioether (sulfide) groups is 1. The van der Waals surface area contributed by atoms with Crippen LogP contribution in [0.4, 0.5) is 10.5 Å². The summed E-state index contributed by atoms with van der Waals surface area (Å²) in [6.45, 7) is 9.91. The molecule has 3 aromatic rings. The Labute approximate surface area is 190 Å². The number of hydrogen-bond acceptors (Lipinski definition) is 2. The molecule has 4 nitrogen and oxygen atoms in total. The van der Waals surface area contributed by atoms with Crippen molar-refractivity contribution in [3.8, 4) is 0 Å². The molecule has 3 rings (SSSR count). The van der Waals surface area contributed by atoms with Gasteiger partial charge in [-0.1, -0.05) is 43.7 Å². The molecule has 0 spiro atoms. The number of carbonyl (C=O) groups excluding carboxylic acids is 1. The molecular weight excluding hydrogens is 402 g/mol. The van der Waals surface area contributed by atoms with Gasteiger partial charge in [0.2, 0.25) is 0 Å². The number of aryl methyl sites for hydroxylation is 1. The zero-order valence-corrected chi connectivity index (χ0v) is 19.9. The van der Waals surface area contributed by atoms with Crippen molar-refractivity contribution in [1.82, 2.24) is 9.47 Å². The Balaban J connectivity index is 1.78. The standard InChI is InChI=1S/C26H33N3OS/c1-19(2)21(4)29(26(30)27-23-11-13-25(31-5)14-12-23)18-24-10-7-15-28(24)17-22-9-6-8-20(3)16-22/h6-16,19,21H,17-18H2,1-5H3,(H,27,30). The summed E-state index contributed by atoms with van der Waals surface area (Å²) in [5.74, 6) is 0.352. The van der Waals surface area contributed by atoms with Crippen molar-refractivity contribution < 1.29 is 4.79 Å². The van der Waals surface area contributed by atoms with Gasteiger partial charge in [0.15, 0.2) is 0 Å². The van der Waals surface area contributed by atoms with Gasteiger partial charge < -0.3 is 14.8 Å². The fourth-order valence-electron chi connectivity index (χ4n) is 3.56. The van der Waals surface area contributed by atoms with E-state index in [-0.39, 0.29) is 12.1 Å². The smallest absolute Gasteiger partial charge is 0.322 e. The van der Waals surface area contributed by atoms with Crippen LogP contribution in [0, 0.1) is 12.8 Å². The third kappa shape index (κ3) is 6.17. The Hall–Kier alpha value is -2.66. The maximum absolute atomic E-state index is 13.3. The van der Waals surface area contributed by atoms with Crippen molar-refractivity contribution in [2.75, 3.05) is 11.6 Å². The second-order valence-corrected chi connectivity index (χ2v) is 9.27. The third-order valence-electron chi connectivity index (χ3n) is 5.75. The summed E-state index contributed by atoms with van der Waals surface area (Å²) in [5.41, 5.74) is 4.47. The lowest BCUT2D eigenvalue weighted by molar-refractivity contribution is 0.168. The topological polar surface area (TPSA) is 37.3 Å². The SMILES string of the molecule is CSc1ccc(NC(=O)N(Cc2cccn2Cc2cccc(C)c2)C(C)C(C)C)cc1. The molecule has 0 aliphatic carbocycles. The Morgan fingerprint density at radius 2 is 1.81 bits per heavy atom. The molecule has 1 aromatic heterocycles. The maximum atomic E-state index is 13.3. The highest BCUT2D eigenvalue weighted by Gasteiger charge is 2.24. The molecule has 0 saturated heterocycles. The summed E-state index contributed by atoms with van der Waals surface area (Å²) in [4.78, 5) is 16.4. The van der Waals surface area contributed by atoms with E-state index in [0.717, 1.165) is 17.9 Å². The number of rotatable bonds is 8. The molecule has 0 aliphatic rings. The highest BCUT2D eigenvalue weighted by Crippen LogP contribution is 2.21. The van der Waals surface area contributed by atoms with Crippen LogP contribution in [0.1, 0.15) is 37.6 Å². The van der Waals surface area contributed by atoms with Crippen LogP contribution in [0.3, 0.4) is 0 Å². The minimum atomic E-state index is -0.0681. The zero-order chi connectivity index (χ0) is 22.4. The lowest BCUT2D eigenvalue weighted by atomic mass is 10.0. The molecule has 31 heavy (non-hydrogen) atoms. The van der Waals surface area contributed by atoms with Crippen molar-refractivity contribution in [2.45, 2.75) is 51.7 Å². The van der Waals surface area contributed by atoms with Crippen LogP contribution in [0.15, 0.2) is 71.8 Å². The zero-order valence-electron chi connectivity index (χ0n) is 19.1. The number of amides is 2. The van der Waals surface area contributed by atoms with Crippen LogP contribution in [-0.4, -0.2) is 27.8 Å². The average molecular weight is 436 g/mol. The number of nitrogens with one attached hydrogen (secondary N) is 1. The molecule has 2 amide bonds. The first-order valence-electron chi connectivity index (χ1n) is 10.8. The monoisotopic (exact) mass is 435 g/mol. The van der Waals surface area contributed by atoms with Gasteiger partial charge in [0.05, 0.1) is 6.54 Å². The van der Waals surface area contributed by atoms with Crippen molar-refractivity contribution in [2.24, 2.45) is 5.92 Å². The van der Waals surface area contributed by atoms with Gasteiger partial charge in [-0.2, -0.15) is 0 Å². The lowest BCUT2D eigenvalue weighted by Gasteiger charge is -2.32. The summed E-state index contributed by atoms with van der Waals surface area (Å²) < 4.78 is 2.23. The molecule has 0 radical (unpaired) electrons. The fourth-order valence-corrected chi connectivity index (χ4v) is 3.97. The molecule has 5 heteroatoms. The highest BCUT2D eigenvalue weighted by atomic mass is 32.2. The highest BCUT2D eigenvalue weighted by molar-refractivity contribution is 7.98. The van der Waals surface area contributed by atoms with E-state index in [4.69, 9.17) is 0 Å². The van der Waals surface area contributed by atoms with E-state index in [0.29, 0.717) is 12.5 Å². The van der Waals surface area contributed by atoms with Crippen LogP contribution in [0.25, 0.3) is 0 Å². The Morgan fingerprint density at radius 1 is 1.06 bits per heavy atom. The summed E-state index contributed by atoms with van der Waals surface area (Å²) in [7, 11) is 0. The molecule has 0 fully saturated rings. The predicted octanol–water partition coefficient (Wildman–Crippen LogP) is 6.65. The van der Waals surface area contributed by atoms with Crippen LogP contribution in [-0.2, 0) is 13.1 Å². The first-order chi connectivity index (χ1) is 14.9. The van der Waals surface area contributed by atoms with E-state index in [1.54, 1.807) is 11.8 Å². The van der Waals surface area contributed by atoms with E-state index in [1.165, 1.54) is 16.0 Å². The second kappa shape index (κ2) is 10.6. The molecular formula is C26H33N3OS. The maximum Gasteiger partial charge on any atom is 0.322 e. The van der Waals surface area contributed by atoms with Crippen LogP contribution < -0.4 is 5.32 Å². The normalized spacial score (nSPS) is 12.1. The number of aromatic nitrogens is 1. The van der Waals surface area contributed by atoms with Crippen molar-refractivity contribution in [3.05, 3.63) is 83.7 Å². The summed E-state index contributed by atoms with van der Waals surface area (Å²) in [6.07, 6.45) is 4.14. The number of benzene rings is 2. The van der Waals surface area contributed by atoms with Gasteiger partial charge in [-0.05, 0) is 68.0 Å². The van der Waals surface area contributed by atoms with Crippen molar-refractivity contribution in [1.29, 1.82) is 0 Å². The third-order valence-corrected chi connectivity index (χ3v) is 6.49. The molecule has 0 aliphatic heterocycles. The molecule has 0 saturated carbocycles. The Morgan fingerprint density at radius 3 is 2.45 bits per heavy atom. The Bertz CT molecular complexity index is 994. The van der Waals surface area contributed by atoms with Crippen molar-refractivity contribution >= 4 is 23.5 Å². The van der Waals surface area contributed by atoms with Gasteiger partial charge in [0.25, 0.3) is 0 Å². The van der Waals surface area contributed by atoms with Gasteiger partial charge in [-0.3, -0.25) is 0 Å². The van der Waals surface area contributed by atoms with Gasteiger partial charge in [-0.15, -0.1) is 11.8 Å². The van der Waals surface area contributed by atoms with Crippen molar-refractivity contribution in [3.63, 3.8) is 0 Å². The summed E-state index contributed by atoms with van der Waals surface area (Å²) >= 11 is 1.69. The van der Waals surface area contributed by atoms with Gasteiger partial charge in [-0.25, -0.2) is 4.79 Å². The molecule has 1 unspecified atom stereocenters. The van der Waals surface area contributed by atoms with Crippen LogP contribution in [0.5, 0.6) is 0 Å². The molecule has 1 heterocycles. The first-order valence-corrected chi connectivity index (χ1v) is 12.0. The van der Waals surface area contributed by atoms with E-state index < -0.39 is 0 Å². The number of hydrogen-bond donors (Lipinski definition) is 1. The Kier molecular flexibility index (Phi) is 7.85. The van der Waals surface area contributed by atoms with Crippen LogP contribution >= 0.6 is 11.8 Å². The summed E-state index contributed by atoms with van der Waals surface area (Å²) in [6, 6.07) is 20.8. The predicted molar refractivity (Wildman–Crippen MR) is 132 cm³/mol. The number of anilines is 1. The number of nitrogens with zero attached hydrogens (tertiary/aromatic N) is 2. The van der Waals surface area contributed by atoms with Gasteiger partial charge in [0, 0.05) is 35.1 Å². The van der Waals surface area contributed by atoms with E-state index in [2.05, 4.69) is 80.2 Å². The minimum absolute atomic E-state index is 0.0681. The van der Waals surface area contributed by atoms with E-state index >= 15 is 0 Å². The number of urea groups is 1. The molecule has 1 atom stereocenters. The average Bonchev–Trinajstić information content (AvgIpc) is 3.18. The quantitative estimate of drug-likeness (QED) is 0.402. The van der Waals surface area contributed by atoms with Gasteiger partial charge >= 0.3 is 6.03 Å². The molecule has 164 valence electrons. The van der Waals surface area contributed by atoms with E-state index in [1.807, 2.05) is 35.4 Å².